The van der Waals surface area contributed by atoms with Gasteiger partial charge in [-0.2, -0.15) is 0 Å². The third kappa shape index (κ3) is 30.7. The Morgan fingerprint density at radius 2 is 1.05 bits per heavy atom. The molecule has 0 spiro atoms. The molecule has 0 amide bonds. The van der Waals surface area contributed by atoms with Gasteiger partial charge in [0.15, 0.2) is 47.4 Å². The van der Waals surface area contributed by atoms with E-state index in [1.165, 1.54) is 77.4 Å². The SMILES string of the molecule is C.C/C=C(O[Si](C)(C)C)/C(C)=C/C.C=C.C=C[C@@H](C=O)OC.C=C[C@H](O)C1OC(C)(C)O[C@H]1[C@@H](O)C=C.C=C[C@H](OC)C1OC=C(C)C(=O)[C@H]1C.C=C[C@H](OC)[C@H](O)[C@@H](O)[C@H](C=C)OC.CC(=O)C1OC(C)(C)O[C@H]1C(C)=O. The minimum absolute atomic E-state index is 0. The van der Waals surface area contributed by atoms with Gasteiger partial charge in [-0.25, -0.2) is 0 Å². The predicted octanol–water partition coefficient (Wildman–Crippen LogP) is 8.62. The average molecular weight is 1130 g/mol. The Morgan fingerprint density at radius 3 is 1.29 bits per heavy atom. The molecule has 0 radical (unpaired) electrons. The lowest BCUT2D eigenvalue weighted by molar-refractivity contribution is -0.157. The van der Waals surface area contributed by atoms with Crippen LogP contribution in [0.15, 0.2) is 124 Å². The van der Waals surface area contributed by atoms with E-state index in [9.17, 15) is 39.6 Å². The van der Waals surface area contributed by atoms with Gasteiger partial charge in [-0.15, -0.1) is 52.6 Å². The molecule has 0 aromatic carbocycles. The van der Waals surface area contributed by atoms with Crippen LogP contribution >= 0.6 is 0 Å². The van der Waals surface area contributed by atoms with Crippen molar-refractivity contribution in [3.63, 3.8) is 0 Å². The molecule has 19 heteroatoms. The number of ether oxygens (including phenoxy) is 9. The number of rotatable bonds is 22. The molecule has 0 aromatic heterocycles. The Labute approximate surface area is 469 Å². The van der Waals surface area contributed by atoms with Crippen LogP contribution < -0.4 is 0 Å². The Morgan fingerprint density at radius 1 is 0.654 bits per heavy atom. The molecular weight excluding hydrogens is 1020 g/mol. The lowest BCUT2D eigenvalue weighted by Gasteiger charge is -2.31. The molecule has 0 bridgehead atoms. The van der Waals surface area contributed by atoms with Crippen molar-refractivity contribution in [2.45, 2.75) is 194 Å². The first-order valence-electron chi connectivity index (χ1n) is 24.8. The molecule has 0 aromatic rings. The van der Waals surface area contributed by atoms with Crippen LogP contribution in [0.4, 0.5) is 0 Å². The fourth-order valence-corrected chi connectivity index (χ4v) is 7.68. The largest absolute Gasteiger partial charge is 0.544 e. The molecule has 450 valence electrons. The summed E-state index contributed by atoms with van der Waals surface area (Å²) in [5.74, 6) is -1.03. The fourth-order valence-electron chi connectivity index (χ4n) is 6.75. The first-order valence-corrected chi connectivity index (χ1v) is 28.3. The van der Waals surface area contributed by atoms with Gasteiger partial charge in [-0.3, -0.25) is 14.4 Å². The molecule has 2 saturated heterocycles. The first-order chi connectivity index (χ1) is 35.7. The summed E-state index contributed by atoms with van der Waals surface area (Å²) >= 11 is 0. The number of ketones is 3. The summed E-state index contributed by atoms with van der Waals surface area (Å²) in [5.41, 5.74) is 1.88. The molecule has 78 heavy (non-hydrogen) atoms. The molecule has 2 fully saturated rings. The molecule has 18 nitrogen and oxygen atoms in total. The number of aliphatic hydroxyl groups excluding tert-OH is 4. The van der Waals surface area contributed by atoms with Crippen molar-refractivity contribution in [2.75, 3.05) is 28.4 Å². The van der Waals surface area contributed by atoms with E-state index in [-0.39, 0.29) is 42.9 Å². The summed E-state index contributed by atoms with van der Waals surface area (Å²) in [6.07, 6.45) is 6.16. The van der Waals surface area contributed by atoms with Gasteiger partial charge in [0, 0.05) is 34.0 Å². The highest BCUT2D eigenvalue weighted by molar-refractivity contribution is 6.70. The number of aldehydes is 1. The Hall–Kier alpha value is -4.58. The Bertz CT molecular complexity index is 1820. The summed E-state index contributed by atoms with van der Waals surface area (Å²) in [6, 6.07) is 0. The quantitative estimate of drug-likeness (QED) is 0.0261. The van der Waals surface area contributed by atoms with Crippen molar-refractivity contribution < 1.29 is 86.7 Å². The summed E-state index contributed by atoms with van der Waals surface area (Å²) in [5, 5.41) is 38.5. The number of aliphatic hydroxyl groups is 4. The smallest absolute Gasteiger partial charge is 0.242 e. The van der Waals surface area contributed by atoms with E-state index in [1.54, 1.807) is 47.8 Å². The third-order valence-corrected chi connectivity index (χ3v) is 11.7. The third-order valence-electron chi connectivity index (χ3n) is 10.9. The van der Waals surface area contributed by atoms with Crippen LogP contribution in [-0.2, 0) is 66.2 Å². The number of methoxy groups -OCH3 is 4. The van der Waals surface area contributed by atoms with Crippen molar-refractivity contribution in [3.05, 3.63) is 124 Å². The average Bonchev–Trinajstić information content (AvgIpc) is 3.92. The van der Waals surface area contributed by atoms with Crippen LogP contribution in [-0.4, -0.2) is 172 Å². The minimum atomic E-state index is -1.43. The van der Waals surface area contributed by atoms with E-state index < -0.39 is 87.0 Å². The zero-order valence-electron chi connectivity index (χ0n) is 49.5. The van der Waals surface area contributed by atoms with Crippen LogP contribution in [0, 0.1) is 5.92 Å². The maximum absolute atomic E-state index is 11.6. The monoisotopic (exact) mass is 1130 g/mol. The number of carbonyl (C=O) groups excluding carboxylic acids is 4. The highest BCUT2D eigenvalue weighted by Crippen LogP contribution is 2.33. The van der Waals surface area contributed by atoms with Gasteiger partial charge in [-0.1, -0.05) is 56.9 Å². The normalized spacial score (nSPS) is 23.9. The van der Waals surface area contributed by atoms with Crippen LogP contribution in [0.2, 0.25) is 19.6 Å². The number of hydrogen-bond acceptors (Lipinski definition) is 18. The van der Waals surface area contributed by atoms with Gasteiger partial charge in [0.2, 0.25) is 8.32 Å². The maximum Gasteiger partial charge on any atom is 0.242 e. The van der Waals surface area contributed by atoms with E-state index in [0.29, 0.717) is 11.9 Å². The molecule has 0 aliphatic carbocycles. The number of Topliss-reactive ketones (excluding diaryl/α,β-unsaturated/α-hetero) is 3. The van der Waals surface area contributed by atoms with E-state index in [1.807, 2.05) is 26.8 Å². The van der Waals surface area contributed by atoms with E-state index >= 15 is 0 Å². The molecular formula is C59H102O18Si. The van der Waals surface area contributed by atoms with Crippen molar-refractivity contribution in [3.8, 4) is 0 Å². The summed E-state index contributed by atoms with van der Waals surface area (Å²) in [6.45, 7) is 52.8. The van der Waals surface area contributed by atoms with Crippen molar-refractivity contribution in [1.29, 1.82) is 0 Å². The molecule has 3 rings (SSSR count). The second-order valence-electron chi connectivity index (χ2n) is 19.0. The van der Waals surface area contributed by atoms with E-state index in [0.717, 1.165) is 5.76 Å². The highest BCUT2D eigenvalue weighted by Gasteiger charge is 2.47. The molecule has 3 unspecified atom stereocenters. The lowest BCUT2D eigenvalue weighted by Crippen LogP contribution is -2.44. The van der Waals surface area contributed by atoms with Gasteiger partial charge >= 0.3 is 0 Å². The number of hydrogen-bond donors (Lipinski definition) is 4. The van der Waals surface area contributed by atoms with Crippen molar-refractivity contribution >= 4 is 32.0 Å². The fraction of sp³-hybridized carbons (Fsp3) is 0.593. The molecule has 3 aliphatic rings. The van der Waals surface area contributed by atoms with E-state index in [4.69, 9.17) is 42.3 Å². The second kappa shape index (κ2) is 42.3. The minimum Gasteiger partial charge on any atom is -0.544 e. The van der Waals surface area contributed by atoms with E-state index in [2.05, 4.69) is 90.0 Å². The van der Waals surface area contributed by atoms with Gasteiger partial charge in [0.05, 0.1) is 12.2 Å². The van der Waals surface area contributed by atoms with Crippen LogP contribution in [0.1, 0.15) is 83.6 Å². The standard InChI is InChI=1S/C11H18O4.C11H16O3.C10H18O4.C10H20OSi.C9H14O4.C5H8O2.C2H4.CH4/c1-5-7(12)9-10(8(13)6-2)15-11(3,4)14-9;1-5-9(13-4)11-8(3)10(12)7(2)6-14-11;1-5-7(13-3)9(11)10(12)8(6-2)14-4;1-7-9(3)10(8-2)11-12(4,5)6;1-5(10)7-8(6(2)11)13-9(3,4)12-7;1-3-5(4-6)7-2;1-2;/h5-10,12-13H,1-2H2,3-4H3;5-6,8-9,11H,1H2,2-4H3;5-12H,1-2H2,3-4H3;7-8H,1-6H3;7-8H,1-4H3;3-5H,1H2,2H3;1-2H2;1H4/b;;;9-7+,10-8-;;;;/t7-,8-,9-,10?;8-,9+,11?;7-,8-,9-,10-;;7-,8?;5-;;/m010.00../s1. The number of carbonyl (C=O) groups is 4. The maximum atomic E-state index is 11.6. The van der Waals surface area contributed by atoms with Gasteiger partial charge in [0.25, 0.3) is 0 Å². The zero-order valence-corrected chi connectivity index (χ0v) is 50.5. The second-order valence-corrected chi connectivity index (χ2v) is 23.4. The Balaban J connectivity index is -0.000000274. The van der Waals surface area contributed by atoms with Gasteiger partial charge in [0.1, 0.15) is 72.9 Å². The van der Waals surface area contributed by atoms with Crippen molar-refractivity contribution in [2.24, 2.45) is 5.92 Å². The summed E-state index contributed by atoms with van der Waals surface area (Å²) in [4.78, 5) is 43.6. The van der Waals surface area contributed by atoms with Gasteiger partial charge < -0.3 is 72.3 Å². The molecule has 3 aliphatic heterocycles. The molecule has 14 atom stereocenters. The molecule has 0 saturated carbocycles. The molecule has 3 heterocycles. The first kappa shape index (κ1) is 82.3. The number of allylic oxidation sites excluding steroid dienone is 4. The van der Waals surface area contributed by atoms with Crippen LogP contribution in [0.25, 0.3) is 0 Å². The van der Waals surface area contributed by atoms with Crippen LogP contribution in [0.5, 0.6) is 0 Å². The topological polar surface area (TPSA) is 241 Å². The summed E-state index contributed by atoms with van der Waals surface area (Å²) < 4.78 is 52.4. The summed E-state index contributed by atoms with van der Waals surface area (Å²) in [7, 11) is 4.47. The zero-order chi connectivity index (χ0) is 61.2. The van der Waals surface area contributed by atoms with Crippen LogP contribution in [0.3, 0.4) is 0 Å². The Kier molecular flexibility index (Phi) is 44.6. The van der Waals surface area contributed by atoms with Gasteiger partial charge in [-0.05, 0) is 101 Å². The molecule has 4 N–H and O–H groups in total. The highest BCUT2D eigenvalue weighted by atomic mass is 28.4. The lowest BCUT2D eigenvalue weighted by atomic mass is 9.90. The van der Waals surface area contributed by atoms with Crippen molar-refractivity contribution in [1.82, 2.24) is 0 Å². The predicted molar refractivity (Wildman–Crippen MR) is 312 cm³/mol.